The second-order valence-electron chi connectivity index (χ2n) is 4.87. The summed E-state index contributed by atoms with van der Waals surface area (Å²) in [7, 11) is 0. The Labute approximate surface area is 116 Å². The van der Waals surface area contributed by atoms with Gasteiger partial charge in [0.25, 0.3) is 0 Å². The van der Waals surface area contributed by atoms with Gasteiger partial charge in [0.15, 0.2) is 5.17 Å². The highest BCUT2D eigenvalue weighted by atomic mass is 32.2. The van der Waals surface area contributed by atoms with Gasteiger partial charge in [0, 0.05) is 5.71 Å². The van der Waals surface area contributed by atoms with Gasteiger partial charge in [0.1, 0.15) is 5.25 Å². The number of carboxylic acid groups (broad SMARTS) is 1. The normalized spacial score (nSPS) is 22.1. The van der Waals surface area contributed by atoms with Crippen molar-refractivity contribution in [3.05, 3.63) is 0 Å². The van der Waals surface area contributed by atoms with Crippen LogP contribution in [0.5, 0.6) is 0 Å². The Morgan fingerprint density at radius 3 is 2.79 bits per heavy atom. The molecule has 19 heavy (non-hydrogen) atoms. The van der Waals surface area contributed by atoms with Gasteiger partial charge in [-0.2, -0.15) is 5.10 Å². The zero-order valence-electron chi connectivity index (χ0n) is 11.3. The van der Waals surface area contributed by atoms with Gasteiger partial charge in [0.2, 0.25) is 5.91 Å². The second kappa shape index (κ2) is 7.28. The first kappa shape index (κ1) is 15.7. The van der Waals surface area contributed by atoms with Crippen LogP contribution >= 0.6 is 11.8 Å². The van der Waals surface area contributed by atoms with Crippen molar-refractivity contribution in [2.24, 2.45) is 16.1 Å². The predicted octanol–water partition coefficient (Wildman–Crippen LogP) is 1.86. The molecule has 0 aromatic heterocycles. The minimum Gasteiger partial charge on any atom is -0.481 e. The molecule has 7 heteroatoms. The monoisotopic (exact) mass is 285 g/mol. The summed E-state index contributed by atoms with van der Waals surface area (Å²) >= 11 is 1.11. The molecule has 2 N–H and O–H groups in total. The summed E-state index contributed by atoms with van der Waals surface area (Å²) in [5.41, 5.74) is 0.901. The summed E-state index contributed by atoms with van der Waals surface area (Å²) in [5.74, 6) is -0.704. The van der Waals surface area contributed by atoms with Crippen molar-refractivity contribution >= 4 is 34.5 Å². The van der Waals surface area contributed by atoms with E-state index in [0.717, 1.165) is 30.3 Å². The number of nitrogens with zero attached hydrogens (tertiary/aromatic N) is 2. The number of aliphatic carboxylic acids is 1. The molecule has 1 aliphatic heterocycles. The zero-order valence-corrected chi connectivity index (χ0v) is 12.2. The van der Waals surface area contributed by atoms with Crippen molar-refractivity contribution in [1.82, 2.24) is 5.32 Å². The highest BCUT2D eigenvalue weighted by Crippen LogP contribution is 2.22. The number of thioether (sulfide) groups is 1. The predicted molar refractivity (Wildman–Crippen MR) is 76.4 cm³/mol. The Morgan fingerprint density at radius 2 is 2.21 bits per heavy atom. The molecule has 0 aromatic rings. The van der Waals surface area contributed by atoms with Gasteiger partial charge < -0.3 is 10.4 Å². The Bertz CT molecular complexity index is 418. The van der Waals surface area contributed by atoms with Crippen molar-refractivity contribution < 1.29 is 14.7 Å². The van der Waals surface area contributed by atoms with Gasteiger partial charge in [-0.1, -0.05) is 25.6 Å². The van der Waals surface area contributed by atoms with Crippen LogP contribution in [0, 0.1) is 5.92 Å². The minimum absolute atomic E-state index is 0.203. The topological polar surface area (TPSA) is 91.1 Å². The van der Waals surface area contributed by atoms with E-state index in [4.69, 9.17) is 5.11 Å². The smallest absolute Gasteiger partial charge is 0.305 e. The van der Waals surface area contributed by atoms with Crippen LogP contribution in [0.15, 0.2) is 10.2 Å². The molecule has 0 aliphatic carbocycles. The summed E-state index contributed by atoms with van der Waals surface area (Å²) < 4.78 is 0. The lowest BCUT2D eigenvalue weighted by Gasteiger charge is -2.02. The average Bonchev–Trinajstić information content (AvgIpc) is 2.64. The number of carbonyl (C=O) groups excluding carboxylic acids is 1. The van der Waals surface area contributed by atoms with Crippen molar-refractivity contribution in [1.29, 1.82) is 0 Å². The standard InChI is InChI=1S/C12H19N3O3S/c1-7(2)4-5-8(3)14-15-12-13-11(18)9(19-12)6-10(16)17/h7,9H,4-6H2,1-3H3,(H,16,17)(H,13,15,18)/b14-8-/t9-/m0/s1. The average molecular weight is 285 g/mol. The van der Waals surface area contributed by atoms with Gasteiger partial charge in [-0.3, -0.25) is 9.59 Å². The maximum absolute atomic E-state index is 11.5. The van der Waals surface area contributed by atoms with E-state index in [1.807, 2.05) is 6.92 Å². The Hall–Kier alpha value is -1.37. The molecule has 0 spiro atoms. The number of nitrogens with one attached hydrogen (secondary N) is 1. The number of amides is 1. The minimum atomic E-state index is -0.995. The first-order valence-corrected chi connectivity index (χ1v) is 7.07. The summed E-state index contributed by atoms with van der Waals surface area (Å²) in [6.07, 6.45) is 1.71. The van der Waals surface area contributed by atoms with Gasteiger partial charge in [-0.05, 0) is 25.7 Å². The van der Waals surface area contributed by atoms with Crippen LogP contribution in [-0.2, 0) is 9.59 Å². The summed E-state index contributed by atoms with van der Waals surface area (Å²) in [4.78, 5) is 22.0. The first-order chi connectivity index (χ1) is 8.88. The third-order valence-electron chi connectivity index (χ3n) is 2.53. The van der Waals surface area contributed by atoms with Crippen molar-refractivity contribution in [2.45, 2.75) is 45.3 Å². The number of carbonyl (C=O) groups is 2. The second-order valence-corrected chi connectivity index (χ2v) is 6.06. The summed E-state index contributed by atoms with van der Waals surface area (Å²) in [5, 5.41) is 19.0. The Balaban J connectivity index is 2.53. The Kier molecular flexibility index (Phi) is 6.01. The molecular formula is C12H19N3O3S. The lowest BCUT2D eigenvalue weighted by molar-refractivity contribution is -0.138. The Morgan fingerprint density at radius 1 is 1.53 bits per heavy atom. The fourth-order valence-corrected chi connectivity index (χ4v) is 2.33. The van der Waals surface area contributed by atoms with Crippen LogP contribution in [0.2, 0.25) is 0 Å². The molecule has 0 radical (unpaired) electrons. The highest BCUT2D eigenvalue weighted by Gasteiger charge is 2.32. The molecule has 1 aliphatic rings. The van der Waals surface area contributed by atoms with E-state index in [1.54, 1.807) is 0 Å². The van der Waals surface area contributed by atoms with Crippen molar-refractivity contribution in [2.75, 3.05) is 0 Å². The number of hydrogen-bond donors (Lipinski definition) is 2. The highest BCUT2D eigenvalue weighted by molar-refractivity contribution is 8.15. The van der Waals surface area contributed by atoms with Crippen LogP contribution in [0.1, 0.15) is 40.0 Å². The van der Waals surface area contributed by atoms with Crippen molar-refractivity contribution in [3.63, 3.8) is 0 Å². The number of carboxylic acids is 1. The molecular weight excluding hydrogens is 266 g/mol. The van der Waals surface area contributed by atoms with E-state index < -0.39 is 11.2 Å². The van der Waals surface area contributed by atoms with E-state index >= 15 is 0 Å². The fourth-order valence-electron chi connectivity index (χ4n) is 1.42. The molecule has 1 saturated heterocycles. The molecule has 6 nitrogen and oxygen atoms in total. The van der Waals surface area contributed by atoms with Gasteiger partial charge >= 0.3 is 5.97 Å². The van der Waals surface area contributed by atoms with Gasteiger partial charge in [-0.25, -0.2) is 0 Å². The third-order valence-corrected chi connectivity index (χ3v) is 3.60. The van der Waals surface area contributed by atoms with E-state index in [9.17, 15) is 9.59 Å². The maximum Gasteiger partial charge on any atom is 0.305 e. The molecule has 106 valence electrons. The van der Waals surface area contributed by atoms with Gasteiger partial charge in [0.05, 0.1) is 6.42 Å². The van der Waals surface area contributed by atoms with Gasteiger partial charge in [-0.15, -0.1) is 5.10 Å². The summed E-state index contributed by atoms with van der Waals surface area (Å²) in [6, 6.07) is 0. The molecule has 0 unspecified atom stereocenters. The first-order valence-electron chi connectivity index (χ1n) is 6.19. The maximum atomic E-state index is 11.5. The molecule has 1 rings (SSSR count). The third kappa shape index (κ3) is 5.87. The fraction of sp³-hybridized carbons (Fsp3) is 0.667. The van der Waals surface area contributed by atoms with E-state index in [0.29, 0.717) is 11.1 Å². The van der Waals surface area contributed by atoms with E-state index in [2.05, 4.69) is 29.4 Å². The number of hydrogen-bond acceptors (Lipinski definition) is 5. The van der Waals surface area contributed by atoms with E-state index in [1.165, 1.54) is 0 Å². The van der Waals surface area contributed by atoms with Crippen LogP contribution in [-0.4, -0.2) is 33.1 Å². The number of rotatable bonds is 6. The van der Waals surface area contributed by atoms with Crippen LogP contribution in [0.4, 0.5) is 0 Å². The zero-order chi connectivity index (χ0) is 14.4. The largest absolute Gasteiger partial charge is 0.481 e. The molecule has 1 fully saturated rings. The summed E-state index contributed by atoms with van der Waals surface area (Å²) in [6.45, 7) is 6.17. The lowest BCUT2D eigenvalue weighted by Crippen LogP contribution is -2.26. The molecule has 1 atom stereocenters. The van der Waals surface area contributed by atoms with E-state index in [-0.39, 0.29) is 12.3 Å². The molecule has 1 heterocycles. The van der Waals surface area contributed by atoms with Crippen LogP contribution in [0.3, 0.4) is 0 Å². The van der Waals surface area contributed by atoms with Crippen molar-refractivity contribution in [3.8, 4) is 0 Å². The van der Waals surface area contributed by atoms with Crippen LogP contribution < -0.4 is 5.32 Å². The van der Waals surface area contributed by atoms with Crippen LogP contribution in [0.25, 0.3) is 0 Å². The SMILES string of the molecule is C/C(CCC(C)C)=N/N=C1/NC(=O)[C@H](CC(=O)O)S1. The molecule has 0 aromatic carbocycles. The number of amidine groups is 1. The molecule has 1 amide bonds. The lowest BCUT2D eigenvalue weighted by atomic mass is 10.1. The molecule has 0 bridgehead atoms. The quantitative estimate of drug-likeness (QED) is 0.575. The molecule has 0 saturated carbocycles.